The zero-order valence-corrected chi connectivity index (χ0v) is 26.6. The molecule has 3 atom stereocenters. The number of amides is 1. The molecule has 238 valence electrons. The van der Waals surface area contributed by atoms with E-state index in [1.807, 2.05) is 6.08 Å². The summed E-state index contributed by atoms with van der Waals surface area (Å²) in [6.45, 7) is 4.42. The molecule has 0 saturated carbocycles. The predicted octanol–water partition coefficient (Wildman–Crippen LogP) is 7.65. The Morgan fingerprint density at radius 2 is 1.07 bits per heavy atom. The maximum absolute atomic E-state index is 12.4. The number of unbranched alkanes of at least 4 members (excludes halogenated alkanes) is 18. The second kappa shape index (κ2) is 26.9. The fourth-order valence-electron chi connectivity index (χ4n) is 4.99. The largest absolute Gasteiger partial charge is 0.391 e. The van der Waals surface area contributed by atoms with Gasteiger partial charge in [0.2, 0.25) is 5.91 Å². The van der Waals surface area contributed by atoms with Gasteiger partial charge in [-0.3, -0.25) is 9.35 Å². The molecule has 40 heavy (non-hydrogen) atoms. The summed E-state index contributed by atoms with van der Waals surface area (Å²) in [4.78, 5) is 12.4. The second-order valence-corrected chi connectivity index (χ2v) is 13.1. The van der Waals surface area contributed by atoms with E-state index >= 15 is 0 Å². The molecule has 8 heteroatoms. The first kappa shape index (κ1) is 39.0. The van der Waals surface area contributed by atoms with Gasteiger partial charge in [-0.25, -0.2) is 0 Å². The van der Waals surface area contributed by atoms with Crippen molar-refractivity contribution < 1.29 is 28.0 Å². The quantitative estimate of drug-likeness (QED) is 0.0404. The number of rotatable bonds is 29. The third-order valence-electron chi connectivity index (χ3n) is 7.59. The Bertz CT molecular complexity index is 712. The van der Waals surface area contributed by atoms with E-state index in [0.29, 0.717) is 19.3 Å². The molecule has 0 bridgehead atoms. The lowest BCUT2D eigenvalue weighted by Gasteiger charge is -2.24. The first-order chi connectivity index (χ1) is 19.2. The summed E-state index contributed by atoms with van der Waals surface area (Å²) < 4.78 is 32.2. The topological polar surface area (TPSA) is 124 Å². The molecule has 0 aromatic heterocycles. The summed E-state index contributed by atoms with van der Waals surface area (Å²) in [5, 5.41) is 23.2. The maximum atomic E-state index is 12.4. The molecule has 4 N–H and O–H groups in total. The minimum Gasteiger partial charge on any atom is -0.391 e. The van der Waals surface area contributed by atoms with Crippen LogP contribution in [0.5, 0.6) is 0 Å². The first-order valence-corrected chi connectivity index (χ1v) is 18.1. The summed E-state index contributed by atoms with van der Waals surface area (Å²) in [5.74, 6) is -1.50. The van der Waals surface area contributed by atoms with Crippen LogP contribution in [0.1, 0.15) is 162 Å². The third-order valence-corrected chi connectivity index (χ3v) is 8.37. The Hall–Kier alpha value is -0.960. The smallest absolute Gasteiger partial charge is 0.266 e. The molecule has 0 aliphatic rings. The molecule has 7 nitrogen and oxygen atoms in total. The second-order valence-electron chi connectivity index (χ2n) is 11.6. The van der Waals surface area contributed by atoms with Crippen LogP contribution in [0.25, 0.3) is 0 Å². The van der Waals surface area contributed by atoms with Crippen molar-refractivity contribution in [1.82, 2.24) is 5.32 Å². The summed E-state index contributed by atoms with van der Waals surface area (Å²) in [6, 6.07) is -1.15. The van der Waals surface area contributed by atoms with Crippen molar-refractivity contribution in [3.8, 4) is 0 Å². The van der Waals surface area contributed by atoms with Crippen molar-refractivity contribution >= 4 is 16.0 Å². The van der Waals surface area contributed by atoms with Crippen molar-refractivity contribution in [1.29, 1.82) is 0 Å². The molecule has 0 heterocycles. The minimum absolute atomic E-state index is 0.213. The molecule has 1 amide bonds. The molecular weight excluding hydrogens is 526 g/mol. The molecule has 0 radical (unpaired) electrons. The highest BCUT2D eigenvalue weighted by atomic mass is 32.2. The van der Waals surface area contributed by atoms with Crippen molar-refractivity contribution in [3.05, 3.63) is 12.2 Å². The zero-order valence-electron chi connectivity index (χ0n) is 25.8. The van der Waals surface area contributed by atoms with Gasteiger partial charge in [0, 0.05) is 0 Å². The number of aliphatic hydroxyl groups excluding tert-OH is 2. The highest BCUT2D eigenvalue weighted by Gasteiger charge is 2.28. The molecule has 0 spiro atoms. The van der Waals surface area contributed by atoms with E-state index in [1.165, 1.54) is 89.9 Å². The third kappa shape index (κ3) is 26.0. The average molecular weight is 590 g/mol. The zero-order chi connectivity index (χ0) is 29.9. The summed E-state index contributed by atoms with van der Waals surface area (Å²) in [7, 11) is -4.40. The van der Waals surface area contributed by atoms with Gasteiger partial charge in [-0.15, -0.1) is 0 Å². The van der Waals surface area contributed by atoms with Crippen LogP contribution >= 0.6 is 0 Å². The Labute approximate surface area is 246 Å². The van der Waals surface area contributed by atoms with Crippen molar-refractivity contribution in [3.63, 3.8) is 0 Å². The number of carbonyl (C=O) groups is 1. The van der Waals surface area contributed by atoms with Gasteiger partial charge >= 0.3 is 0 Å². The monoisotopic (exact) mass is 589 g/mol. The van der Waals surface area contributed by atoms with Crippen LogP contribution in [0.2, 0.25) is 0 Å². The first-order valence-electron chi connectivity index (χ1n) is 16.5. The number of hydrogen-bond donors (Lipinski definition) is 4. The Morgan fingerprint density at radius 3 is 1.55 bits per heavy atom. The van der Waals surface area contributed by atoms with Gasteiger partial charge in [0.25, 0.3) is 10.1 Å². The van der Waals surface area contributed by atoms with Gasteiger partial charge in [0.1, 0.15) is 6.10 Å². The number of carbonyl (C=O) groups excluding carboxylic acids is 1. The summed E-state index contributed by atoms with van der Waals surface area (Å²) in [6.07, 6.45) is 26.8. The lowest BCUT2D eigenvalue weighted by Crippen LogP contribution is -2.50. The van der Waals surface area contributed by atoms with Crippen LogP contribution in [-0.4, -0.2) is 53.1 Å². The van der Waals surface area contributed by atoms with Gasteiger partial charge in [0.15, 0.2) is 0 Å². The fourth-order valence-corrected chi connectivity index (χ4v) is 5.75. The SMILES string of the molecule is CCCCCC/C=C\CCC(O)C(=O)NC(CS(=O)(=O)O)C(O)CCCCCCCCCCCCCCCCC. The average Bonchev–Trinajstić information content (AvgIpc) is 2.90. The number of aliphatic hydroxyl groups is 2. The van der Waals surface area contributed by atoms with E-state index in [2.05, 4.69) is 25.2 Å². The summed E-state index contributed by atoms with van der Waals surface area (Å²) >= 11 is 0. The van der Waals surface area contributed by atoms with Crippen molar-refractivity contribution in [2.45, 2.75) is 180 Å². The molecule has 0 saturated heterocycles. The van der Waals surface area contributed by atoms with Crippen LogP contribution in [0.3, 0.4) is 0 Å². The van der Waals surface area contributed by atoms with E-state index in [1.54, 1.807) is 0 Å². The standard InChI is InChI=1S/C32H63NO6S/c1-3-5-7-9-11-13-14-15-16-17-18-19-21-22-24-26-30(34)29(28-40(37,38)39)33-32(36)31(35)27-25-23-20-12-10-8-6-4-2/h20,23,29-31,34-35H,3-19,21-22,24-28H2,1-2H3,(H,33,36)(H,37,38,39)/b23-20-. The van der Waals surface area contributed by atoms with Crippen LogP contribution in [0.15, 0.2) is 12.2 Å². The van der Waals surface area contributed by atoms with Gasteiger partial charge in [0.05, 0.1) is 17.9 Å². The lowest BCUT2D eigenvalue weighted by molar-refractivity contribution is -0.131. The van der Waals surface area contributed by atoms with E-state index in [4.69, 9.17) is 0 Å². The Kier molecular flexibility index (Phi) is 26.3. The van der Waals surface area contributed by atoms with Gasteiger partial charge in [-0.1, -0.05) is 142 Å². The number of hydrogen-bond acceptors (Lipinski definition) is 5. The molecule has 0 aliphatic heterocycles. The number of allylic oxidation sites excluding steroid dienone is 2. The summed E-state index contributed by atoms with van der Waals surface area (Å²) in [5.41, 5.74) is 0. The van der Waals surface area contributed by atoms with Crippen molar-refractivity contribution in [2.75, 3.05) is 5.75 Å². The minimum atomic E-state index is -4.40. The van der Waals surface area contributed by atoms with Gasteiger partial charge in [-0.2, -0.15) is 8.42 Å². The highest BCUT2D eigenvalue weighted by molar-refractivity contribution is 7.85. The highest BCUT2D eigenvalue weighted by Crippen LogP contribution is 2.15. The van der Waals surface area contributed by atoms with Crippen molar-refractivity contribution in [2.24, 2.45) is 0 Å². The molecule has 3 unspecified atom stereocenters. The molecule has 0 fully saturated rings. The Morgan fingerprint density at radius 1 is 0.650 bits per heavy atom. The fraction of sp³-hybridized carbons (Fsp3) is 0.906. The van der Waals surface area contributed by atoms with E-state index < -0.39 is 40.0 Å². The van der Waals surface area contributed by atoms with E-state index in [-0.39, 0.29) is 6.42 Å². The van der Waals surface area contributed by atoms with Crippen LogP contribution in [0, 0.1) is 0 Å². The van der Waals surface area contributed by atoms with Crippen LogP contribution in [0.4, 0.5) is 0 Å². The molecule has 0 aromatic carbocycles. The van der Waals surface area contributed by atoms with Crippen LogP contribution in [-0.2, 0) is 14.9 Å². The van der Waals surface area contributed by atoms with Crippen LogP contribution < -0.4 is 5.32 Å². The molecule has 0 rings (SSSR count). The molecular formula is C32H63NO6S. The normalized spacial score (nSPS) is 14.4. The number of nitrogens with one attached hydrogen (secondary N) is 1. The van der Waals surface area contributed by atoms with E-state index in [0.717, 1.165) is 32.1 Å². The Balaban J connectivity index is 4.11. The predicted molar refractivity (Wildman–Crippen MR) is 167 cm³/mol. The molecule has 0 aliphatic carbocycles. The maximum Gasteiger partial charge on any atom is 0.266 e. The molecule has 0 aromatic rings. The van der Waals surface area contributed by atoms with Gasteiger partial charge < -0.3 is 15.5 Å². The van der Waals surface area contributed by atoms with E-state index in [9.17, 15) is 28.0 Å². The lowest BCUT2D eigenvalue weighted by atomic mass is 10.0. The van der Waals surface area contributed by atoms with Gasteiger partial charge in [-0.05, 0) is 32.1 Å².